The van der Waals surface area contributed by atoms with Crippen molar-refractivity contribution < 1.29 is 27.4 Å². The zero-order valence-corrected chi connectivity index (χ0v) is 17.1. The van der Waals surface area contributed by atoms with Crippen LogP contribution in [0.1, 0.15) is 5.56 Å². The van der Waals surface area contributed by atoms with Crippen LogP contribution in [0.2, 0.25) is 0 Å². The average Bonchev–Trinajstić information content (AvgIpc) is 2.79. The fourth-order valence-electron chi connectivity index (χ4n) is 3.02. The predicted octanol–water partition coefficient (Wildman–Crippen LogP) is 4.27. The molecule has 3 aromatic rings. The van der Waals surface area contributed by atoms with E-state index in [0.29, 0.717) is 43.8 Å². The van der Waals surface area contributed by atoms with Gasteiger partial charge < -0.3 is 24.4 Å². The Hall–Kier alpha value is -3.60. The van der Waals surface area contributed by atoms with E-state index in [4.69, 9.17) is 14.2 Å². The zero-order valence-electron chi connectivity index (χ0n) is 17.1. The highest BCUT2D eigenvalue weighted by molar-refractivity contribution is 5.56. The van der Waals surface area contributed by atoms with Gasteiger partial charge >= 0.3 is 12.2 Å². The van der Waals surface area contributed by atoms with Crippen molar-refractivity contribution in [1.29, 1.82) is 0 Å². The highest BCUT2D eigenvalue weighted by atomic mass is 19.4. The van der Waals surface area contributed by atoms with Crippen LogP contribution in [0.15, 0.2) is 48.5 Å². The van der Waals surface area contributed by atoms with Crippen LogP contribution in [-0.2, 0) is 10.9 Å². The number of alkyl halides is 3. The molecule has 11 heteroatoms. The van der Waals surface area contributed by atoms with Gasteiger partial charge in [-0.15, -0.1) is 0 Å². The second kappa shape index (κ2) is 9.27. The Kier molecular flexibility index (Phi) is 6.26. The van der Waals surface area contributed by atoms with Gasteiger partial charge in [-0.2, -0.15) is 28.1 Å². The number of benzene rings is 2. The largest absolute Gasteiger partial charge is 0.497 e. The fraction of sp³-hybridized carbons (Fsp3) is 0.286. The smallest absolute Gasteiger partial charge is 0.416 e. The van der Waals surface area contributed by atoms with Crippen LogP contribution in [0, 0.1) is 0 Å². The number of halogens is 3. The minimum Gasteiger partial charge on any atom is -0.497 e. The van der Waals surface area contributed by atoms with Crippen molar-refractivity contribution in [3.63, 3.8) is 0 Å². The normalized spacial score (nSPS) is 14.2. The van der Waals surface area contributed by atoms with Crippen molar-refractivity contribution in [2.24, 2.45) is 0 Å². The molecule has 2 aromatic carbocycles. The van der Waals surface area contributed by atoms with Crippen LogP contribution in [-0.4, -0.2) is 48.4 Å². The first-order valence-electron chi connectivity index (χ1n) is 9.76. The molecule has 0 atom stereocenters. The fourth-order valence-corrected chi connectivity index (χ4v) is 3.02. The summed E-state index contributed by atoms with van der Waals surface area (Å²) < 4.78 is 55.5. The quantitative estimate of drug-likeness (QED) is 0.600. The maximum atomic E-state index is 13.1. The SMILES string of the molecule is COc1cccc(Oc2nc(Nc3cccc(C(F)(F)F)c3)nc(N3CCOCC3)n2)c1. The van der Waals surface area contributed by atoms with Gasteiger partial charge in [0, 0.05) is 24.8 Å². The maximum absolute atomic E-state index is 13.1. The standard InChI is InChI=1S/C21H20F3N5O3/c1-30-16-6-3-7-17(13-16)32-20-27-18(26-19(28-20)29-8-10-31-11-9-29)25-15-5-2-4-14(12-15)21(22,23)24/h2-7,12-13H,8-11H2,1H3,(H,25,26,27,28). The molecule has 0 saturated carbocycles. The number of morpholine rings is 1. The molecule has 1 fully saturated rings. The minimum atomic E-state index is -4.46. The molecule has 0 amide bonds. The third kappa shape index (κ3) is 5.35. The van der Waals surface area contributed by atoms with Gasteiger partial charge in [0.2, 0.25) is 11.9 Å². The molecule has 4 rings (SSSR count). The molecule has 0 aliphatic carbocycles. The van der Waals surface area contributed by atoms with E-state index in [9.17, 15) is 13.2 Å². The van der Waals surface area contributed by atoms with Crippen LogP contribution < -0.4 is 19.7 Å². The van der Waals surface area contributed by atoms with E-state index in [1.165, 1.54) is 19.2 Å². The van der Waals surface area contributed by atoms with Crippen LogP contribution >= 0.6 is 0 Å². The summed E-state index contributed by atoms with van der Waals surface area (Å²) in [4.78, 5) is 14.9. The zero-order chi connectivity index (χ0) is 22.6. The highest BCUT2D eigenvalue weighted by Gasteiger charge is 2.30. The molecule has 1 aliphatic heterocycles. The first-order chi connectivity index (χ1) is 15.4. The highest BCUT2D eigenvalue weighted by Crippen LogP contribution is 2.31. The average molecular weight is 447 g/mol. The van der Waals surface area contributed by atoms with Gasteiger partial charge in [0.15, 0.2) is 0 Å². The molecule has 1 saturated heterocycles. The third-order valence-electron chi connectivity index (χ3n) is 4.59. The lowest BCUT2D eigenvalue weighted by Crippen LogP contribution is -2.37. The van der Waals surface area contributed by atoms with E-state index in [2.05, 4.69) is 20.3 Å². The molecule has 1 aromatic heterocycles. The maximum Gasteiger partial charge on any atom is 0.416 e. The Morgan fingerprint density at radius 2 is 1.72 bits per heavy atom. The summed E-state index contributed by atoms with van der Waals surface area (Å²) in [6.45, 7) is 2.14. The van der Waals surface area contributed by atoms with Gasteiger partial charge in [-0.3, -0.25) is 0 Å². The first kappa shape index (κ1) is 21.6. The molecule has 168 valence electrons. The van der Waals surface area contributed by atoms with Gasteiger partial charge in [-0.25, -0.2) is 0 Å². The Balaban J connectivity index is 1.65. The van der Waals surface area contributed by atoms with E-state index in [-0.39, 0.29) is 17.6 Å². The summed E-state index contributed by atoms with van der Waals surface area (Å²) in [6, 6.07) is 11.7. The lowest BCUT2D eigenvalue weighted by molar-refractivity contribution is -0.137. The number of anilines is 3. The third-order valence-corrected chi connectivity index (χ3v) is 4.59. The molecule has 0 unspecified atom stereocenters. The Labute approximate surface area is 182 Å². The number of hydrogen-bond acceptors (Lipinski definition) is 8. The van der Waals surface area contributed by atoms with Crippen molar-refractivity contribution in [2.75, 3.05) is 43.6 Å². The van der Waals surface area contributed by atoms with Crippen molar-refractivity contribution >= 4 is 17.6 Å². The molecular weight excluding hydrogens is 427 g/mol. The Morgan fingerprint density at radius 1 is 0.969 bits per heavy atom. The van der Waals surface area contributed by atoms with E-state index < -0.39 is 11.7 Å². The van der Waals surface area contributed by atoms with Gasteiger partial charge in [0.1, 0.15) is 11.5 Å². The Bertz CT molecular complexity index is 1070. The molecule has 1 N–H and O–H groups in total. The number of hydrogen-bond donors (Lipinski definition) is 1. The molecule has 2 heterocycles. The van der Waals surface area contributed by atoms with E-state index in [1.807, 2.05) is 4.90 Å². The lowest BCUT2D eigenvalue weighted by Gasteiger charge is -2.27. The van der Waals surface area contributed by atoms with Crippen molar-refractivity contribution in [3.05, 3.63) is 54.1 Å². The van der Waals surface area contributed by atoms with Crippen LogP contribution in [0.25, 0.3) is 0 Å². The number of rotatable bonds is 6. The topological polar surface area (TPSA) is 81.6 Å². The van der Waals surface area contributed by atoms with E-state index in [0.717, 1.165) is 12.1 Å². The van der Waals surface area contributed by atoms with Gasteiger partial charge in [-0.1, -0.05) is 12.1 Å². The predicted molar refractivity (Wildman–Crippen MR) is 111 cm³/mol. The summed E-state index contributed by atoms with van der Waals surface area (Å²) >= 11 is 0. The van der Waals surface area contributed by atoms with Crippen LogP contribution in [0.3, 0.4) is 0 Å². The number of nitrogens with one attached hydrogen (secondary N) is 1. The molecule has 0 bridgehead atoms. The van der Waals surface area contributed by atoms with E-state index >= 15 is 0 Å². The van der Waals surface area contributed by atoms with Gasteiger partial charge in [0.05, 0.1) is 25.9 Å². The monoisotopic (exact) mass is 447 g/mol. The van der Waals surface area contributed by atoms with Crippen molar-refractivity contribution in [1.82, 2.24) is 15.0 Å². The molecule has 8 nitrogen and oxygen atoms in total. The minimum absolute atomic E-state index is 0.00998. The van der Waals surface area contributed by atoms with Crippen molar-refractivity contribution in [2.45, 2.75) is 6.18 Å². The molecule has 1 aliphatic rings. The van der Waals surface area contributed by atoms with E-state index in [1.54, 1.807) is 24.3 Å². The summed E-state index contributed by atoms with van der Waals surface area (Å²) in [6.07, 6.45) is -4.46. The number of methoxy groups -OCH3 is 1. The second-order valence-electron chi connectivity index (χ2n) is 6.83. The summed E-state index contributed by atoms with van der Waals surface area (Å²) in [5.74, 6) is 1.41. The molecule has 0 spiro atoms. The summed E-state index contributed by atoms with van der Waals surface area (Å²) in [5.41, 5.74) is -0.593. The molecular formula is C21H20F3N5O3. The first-order valence-corrected chi connectivity index (χ1v) is 9.76. The van der Waals surface area contributed by atoms with Gasteiger partial charge in [0.25, 0.3) is 0 Å². The Morgan fingerprint density at radius 3 is 2.47 bits per heavy atom. The number of nitrogens with zero attached hydrogens (tertiary/aromatic N) is 4. The number of ether oxygens (including phenoxy) is 3. The lowest BCUT2D eigenvalue weighted by atomic mass is 10.2. The summed E-state index contributed by atoms with van der Waals surface area (Å²) in [5, 5.41) is 2.82. The molecule has 32 heavy (non-hydrogen) atoms. The van der Waals surface area contributed by atoms with Gasteiger partial charge in [-0.05, 0) is 30.3 Å². The summed E-state index contributed by atoms with van der Waals surface area (Å²) in [7, 11) is 1.54. The van der Waals surface area contributed by atoms with Crippen molar-refractivity contribution in [3.8, 4) is 17.5 Å². The number of aromatic nitrogens is 3. The van der Waals surface area contributed by atoms with Crippen LogP contribution in [0.5, 0.6) is 17.5 Å². The molecule has 0 radical (unpaired) electrons. The van der Waals surface area contributed by atoms with Crippen LogP contribution in [0.4, 0.5) is 30.8 Å². The second-order valence-corrected chi connectivity index (χ2v) is 6.83.